The number of aryl methyl sites for hydroxylation is 1. The third kappa shape index (κ3) is 3.17. The van der Waals surface area contributed by atoms with Crippen LogP contribution in [0.15, 0.2) is 0 Å². The van der Waals surface area contributed by atoms with Gasteiger partial charge in [-0.2, -0.15) is 10.4 Å². The van der Waals surface area contributed by atoms with Crippen molar-refractivity contribution in [3.8, 4) is 11.9 Å². The fourth-order valence-electron chi connectivity index (χ4n) is 1.87. The molecule has 18 heavy (non-hydrogen) atoms. The number of hydrogen-bond donors (Lipinski definition) is 1. The average molecular weight is 248 g/mol. The van der Waals surface area contributed by atoms with Crippen molar-refractivity contribution in [1.29, 1.82) is 5.26 Å². The lowest BCUT2D eigenvalue weighted by molar-refractivity contribution is 0.208. The van der Waals surface area contributed by atoms with E-state index in [1.807, 2.05) is 27.8 Å². The summed E-state index contributed by atoms with van der Waals surface area (Å²) in [7, 11) is 1.86. The van der Waals surface area contributed by atoms with Crippen LogP contribution in [0, 0.1) is 11.3 Å². The highest BCUT2D eigenvalue weighted by Gasteiger charge is 2.16. The highest BCUT2D eigenvalue weighted by molar-refractivity contribution is 5.46. The summed E-state index contributed by atoms with van der Waals surface area (Å²) in [6, 6.07) is 2.19. The Morgan fingerprint density at radius 2 is 2.06 bits per heavy atom. The van der Waals surface area contributed by atoms with Gasteiger partial charge in [0.2, 0.25) is 0 Å². The Morgan fingerprint density at radius 3 is 2.56 bits per heavy atom. The molecule has 0 saturated carbocycles. The van der Waals surface area contributed by atoms with Crippen LogP contribution in [-0.4, -0.2) is 29.9 Å². The van der Waals surface area contributed by atoms with Crippen molar-refractivity contribution in [3.05, 3.63) is 16.8 Å². The minimum atomic E-state index is -0.0476. The predicted octanol–water partition coefficient (Wildman–Crippen LogP) is 1.46. The third-order valence-electron chi connectivity index (χ3n) is 2.73. The van der Waals surface area contributed by atoms with Crippen LogP contribution in [0.5, 0.6) is 5.88 Å². The Morgan fingerprint density at radius 1 is 1.33 bits per heavy atom. The zero-order chi connectivity index (χ0) is 13.5. The van der Waals surface area contributed by atoms with Crippen LogP contribution >= 0.6 is 0 Å². The smallest absolute Gasteiger partial charge is 0.252 e. The number of nitrogens with zero attached hydrogens (tertiary/aromatic N) is 3. The van der Waals surface area contributed by atoms with E-state index in [0.29, 0.717) is 18.0 Å². The van der Waals surface area contributed by atoms with Crippen molar-refractivity contribution in [3.63, 3.8) is 0 Å². The van der Waals surface area contributed by atoms with Crippen LogP contribution in [0.1, 0.15) is 37.6 Å². The van der Waals surface area contributed by atoms with E-state index in [9.17, 15) is 5.26 Å². The molecule has 1 heterocycles. The standard InChI is InChI=1S/C13H20N4O/c1-5-10-11(7-14)13(17-16-12(10)6-2)18-9(3)8-15-4/h9,15H,5-6,8H2,1-4H3. The van der Waals surface area contributed by atoms with Crippen LogP contribution in [-0.2, 0) is 12.8 Å². The van der Waals surface area contributed by atoms with Crippen molar-refractivity contribution >= 4 is 0 Å². The van der Waals surface area contributed by atoms with Crippen molar-refractivity contribution in [2.75, 3.05) is 13.6 Å². The molecular formula is C13H20N4O. The summed E-state index contributed by atoms with van der Waals surface area (Å²) in [5.41, 5.74) is 2.34. The molecular weight excluding hydrogens is 228 g/mol. The molecule has 0 aliphatic rings. The van der Waals surface area contributed by atoms with Gasteiger partial charge >= 0.3 is 0 Å². The van der Waals surface area contributed by atoms with Crippen molar-refractivity contribution in [2.24, 2.45) is 0 Å². The number of nitrogens with one attached hydrogen (secondary N) is 1. The number of nitriles is 1. The van der Waals surface area contributed by atoms with Gasteiger partial charge in [0, 0.05) is 6.54 Å². The molecule has 0 spiro atoms. The first-order valence-electron chi connectivity index (χ1n) is 6.27. The molecule has 0 bridgehead atoms. The van der Waals surface area contributed by atoms with Crippen molar-refractivity contribution < 1.29 is 4.74 Å². The second kappa shape index (κ2) is 6.92. The van der Waals surface area contributed by atoms with Gasteiger partial charge in [-0.1, -0.05) is 13.8 Å². The summed E-state index contributed by atoms with van der Waals surface area (Å²) >= 11 is 0. The molecule has 0 saturated heterocycles. The van der Waals surface area contributed by atoms with Gasteiger partial charge in [-0.3, -0.25) is 0 Å². The molecule has 1 unspecified atom stereocenters. The van der Waals surface area contributed by atoms with Gasteiger partial charge in [0.15, 0.2) is 0 Å². The second-order valence-electron chi connectivity index (χ2n) is 4.11. The van der Waals surface area contributed by atoms with Crippen LogP contribution in [0.3, 0.4) is 0 Å². The molecule has 5 nitrogen and oxygen atoms in total. The SMILES string of the molecule is CCc1nnc(OC(C)CNC)c(C#N)c1CC. The fraction of sp³-hybridized carbons (Fsp3) is 0.615. The molecule has 0 fully saturated rings. The molecule has 0 aromatic carbocycles. The van der Waals surface area contributed by atoms with Gasteiger partial charge in [0.05, 0.1) is 5.69 Å². The molecule has 0 aliphatic carbocycles. The van der Waals surface area contributed by atoms with E-state index >= 15 is 0 Å². The van der Waals surface area contributed by atoms with Gasteiger partial charge in [-0.15, -0.1) is 5.10 Å². The highest BCUT2D eigenvalue weighted by Crippen LogP contribution is 2.22. The first kappa shape index (κ1) is 14.4. The minimum absolute atomic E-state index is 0.0476. The van der Waals surface area contributed by atoms with E-state index in [0.717, 1.165) is 24.1 Å². The summed E-state index contributed by atoms with van der Waals surface area (Å²) in [6.07, 6.45) is 1.49. The van der Waals surface area contributed by atoms with Crippen molar-refractivity contribution in [1.82, 2.24) is 15.5 Å². The summed E-state index contributed by atoms with van der Waals surface area (Å²) in [5, 5.41) is 20.5. The molecule has 0 aliphatic heterocycles. The average Bonchev–Trinajstić information content (AvgIpc) is 2.38. The molecule has 5 heteroatoms. The Labute approximate surface area is 108 Å². The summed E-state index contributed by atoms with van der Waals surface area (Å²) in [4.78, 5) is 0. The monoisotopic (exact) mass is 248 g/mol. The van der Waals surface area contributed by atoms with Gasteiger partial charge in [0.25, 0.3) is 5.88 Å². The Kier molecular flexibility index (Phi) is 5.53. The van der Waals surface area contributed by atoms with E-state index in [1.165, 1.54) is 0 Å². The number of aromatic nitrogens is 2. The van der Waals surface area contributed by atoms with Gasteiger partial charge in [-0.25, -0.2) is 0 Å². The zero-order valence-electron chi connectivity index (χ0n) is 11.4. The van der Waals surface area contributed by atoms with Gasteiger partial charge in [-0.05, 0) is 32.4 Å². The van der Waals surface area contributed by atoms with E-state index in [1.54, 1.807) is 0 Å². The molecule has 0 amide bonds. The topological polar surface area (TPSA) is 70.8 Å². The van der Waals surface area contributed by atoms with Crippen LogP contribution in [0.4, 0.5) is 0 Å². The maximum absolute atomic E-state index is 9.28. The van der Waals surface area contributed by atoms with Crippen molar-refractivity contribution in [2.45, 2.75) is 39.7 Å². The fourth-order valence-corrected chi connectivity index (χ4v) is 1.87. The lowest BCUT2D eigenvalue weighted by atomic mass is 10.0. The van der Waals surface area contributed by atoms with Crippen LogP contribution < -0.4 is 10.1 Å². The van der Waals surface area contributed by atoms with E-state index in [-0.39, 0.29) is 6.10 Å². The second-order valence-corrected chi connectivity index (χ2v) is 4.11. The maximum atomic E-state index is 9.28. The Hall–Kier alpha value is -1.67. The first-order valence-corrected chi connectivity index (χ1v) is 6.27. The van der Waals surface area contributed by atoms with E-state index in [2.05, 4.69) is 21.6 Å². The summed E-state index contributed by atoms with van der Waals surface area (Å²) < 4.78 is 5.66. The molecule has 1 N–H and O–H groups in total. The quantitative estimate of drug-likeness (QED) is 0.825. The molecule has 1 aromatic heterocycles. The van der Waals surface area contributed by atoms with E-state index < -0.39 is 0 Å². The number of ether oxygens (including phenoxy) is 1. The van der Waals surface area contributed by atoms with Gasteiger partial charge < -0.3 is 10.1 Å². The minimum Gasteiger partial charge on any atom is -0.471 e. The maximum Gasteiger partial charge on any atom is 0.252 e. The summed E-state index contributed by atoms with van der Waals surface area (Å²) in [5.74, 6) is 0.342. The molecule has 98 valence electrons. The Balaban J connectivity index is 3.10. The third-order valence-corrected chi connectivity index (χ3v) is 2.73. The number of likely N-dealkylation sites (N-methyl/N-ethyl adjacent to an activating group) is 1. The van der Waals surface area contributed by atoms with Crippen LogP contribution in [0.25, 0.3) is 0 Å². The number of hydrogen-bond acceptors (Lipinski definition) is 5. The molecule has 1 rings (SSSR count). The summed E-state index contributed by atoms with van der Waals surface area (Å²) in [6.45, 7) is 6.65. The Bertz CT molecular complexity index is 439. The van der Waals surface area contributed by atoms with E-state index in [4.69, 9.17) is 4.74 Å². The normalized spacial score (nSPS) is 11.9. The lowest BCUT2D eigenvalue weighted by Crippen LogP contribution is -2.27. The highest BCUT2D eigenvalue weighted by atomic mass is 16.5. The largest absolute Gasteiger partial charge is 0.471 e. The van der Waals surface area contributed by atoms with Gasteiger partial charge in [0.1, 0.15) is 17.7 Å². The first-order chi connectivity index (χ1) is 8.67. The molecule has 0 radical (unpaired) electrons. The molecule has 1 aromatic rings. The number of rotatable bonds is 6. The zero-order valence-corrected chi connectivity index (χ0v) is 11.4. The predicted molar refractivity (Wildman–Crippen MR) is 69.5 cm³/mol. The molecule has 1 atom stereocenters. The van der Waals surface area contributed by atoms with Crippen LogP contribution in [0.2, 0.25) is 0 Å². The lowest BCUT2D eigenvalue weighted by Gasteiger charge is -2.16.